The summed E-state index contributed by atoms with van der Waals surface area (Å²) in [5.74, 6) is 1.38. The first kappa shape index (κ1) is 16.0. The van der Waals surface area contributed by atoms with Crippen LogP contribution in [0, 0.1) is 12.8 Å². The summed E-state index contributed by atoms with van der Waals surface area (Å²) in [6.07, 6.45) is 9.07. The monoisotopic (exact) mass is 320 g/mol. The molecule has 1 unspecified atom stereocenters. The van der Waals surface area contributed by atoms with Crippen LogP contribution in [0.3, 0.4) is 0 Å². The van der Waals surface area contributed by atoms with Gasteiger partial charge in [0.15, 0.2) is 0 Å². The molecule has 1 saturated carbocycles. The minimum Gasteiger partial charge on any atom is -0.335 e. The van der Waals surface area contributed by atoms with Crippen LogP contribution in [0.4, 0.5) is 0 Å². The zero-order valence-corrected chi connectivity index (χ0v) is 14.9. The first-order valence-corrected chi connectivity index (χ1v) is 9.68. The number of amides is 1. The summed E-state index contributed by atoms with van der Waals surface area (Å²) >= 11 is 1.61. The number of aromatic nitrogens is 1. The Balaban J connectivity index is 1.78. The zero-order valence-electron chi connectivity index (χ0n) is 14.1. The van der Waals surface area contributed by atoms with Crippen molar-refractivity contribution in [2.45, 2.75) is 77.7 Å². The van der Waals surface area contributed by atoms with Crippen LogP contribution >= 0.6 is 11.3 Å². The summed E-state index contributed by atoms with van der Waals surface area (Å²) in [7, 11) is 0. The van der Waals surface area contributed by atoms with Crippen LogP contribution in [-0.2, 0) is 0 Å². The van der Waals surface area contributed by atoms with E-state index in [4.69, 9.17) is 0 Å². The number of aryl methyl sites for hydroxylation is 1. The SMILES string of the molecule is Cc1nc(C(C)C)sc1C(=O)N1CCCC1C1CCCCC1. The van der Waals surface area contributed by atoms with E-state index in [1.165, 1.54) is 44.9 Å². The van der Waals surface area contributed by atoms with E-state index in [9.17, 15) is 4.79 Å². The highest BCUT2D eigenvalue weighted by atomic mass is 32.1. The molecule has 3 rings (SSSR count). The molecule has 0 radical (unpaired) electrons. The molecule has 3 nitrogen and oxygen atoms in total. The molecule has 0 bridgehead atoms. The second kappa shape index (κ2) is 6.69. The van der Waals surface area contributed by atoms with Gasteiger partial charge in [-0.15, -0.1) is 11.3 Å². The lowest BCUT2D eigenvalue weighted by molar-refractivity contribution is 0.0665. The molecule has 0 aromatic carbocycles. The van der Waals surface area contributed by atoms with E-state index in [0.29, 0.717) is 12.0 Å². The summed E-state index contributed by atoms with van der Waals surface area (Å²) in [6.45, 7) is 7.22. The second-order valence-electron chi connectivity index (χ2n) is 7.23. The Morgan fingerprint density at radius 3 is 2.55 bits per heavy atom. The lowest BCUT2D eigenvalue weighted by Gasteiger charge is -2.34. The number of hydrogen-bond donors (Lipinski definition) is 0. The third-order valence-electron chi connectivity index (χ3n) is 5.26. The summed E-state index contributed by atoms with van der Waals surface area (Å²) in [4.78, 5) is 20.7. The Bertz CT molecular complexity index is 531. The number of carbonyl (C=O) groups excluding carboxylic acids is 1. The standard InChI is InChI=1S/C18H28N2OS/c1-12(2)17-19-13(3)16(22-17)18(21)20-11-7-10-15(20)14-8-5-4-6-9-14/h12,14-15H,4-11H2,1-3H3. The summed E-state index contributed by atoms with van der Waals surface area (Å²) in [5.41, 5.74) is 0.924. The number of rotatable bonds is 3. The van der Waals surface area contributed by atoms with Gasteiger partial charge in [0.1, 0.15) is 4.88 Å². The fourth-order valence-corrected chi connectivity index (χ4v) is 5.07. The van der Waals surface area contributed by atoms with E-state index < -0.39 is 0 Å². The van der Waals surface area contributed by atoms with Gasteiger partial charge in [-0.05, 0) is 38.5 Å². The van der Waals surface area contributed by atoms with E-state index in [-0.39, 0.29) is 5.91 Å². The molecule has 22 heavy (non-hydrogen) atoms. The largest absolute Gasteiger partial charge is 0.335 e. The molecule has 1 aromatic heterocycles. The van der Waals surface area contributed by atoms with Crippen molar-refractivity contribution >= 4 is 17.2 Å². The first-order valence-electron chi connectivity index (χ1n) is 8.86. The van der Waals surface area contributed by atoms with Gasteiger partial charge < -0.3 is 4.90 Å². The highest BCUT2D eigenvalue weighted by Crippen LogP contribution is 2.36. The molecular formula is C18H28N2OS. The molecule has 2 aliphatic rings. The van der Waals surface area contributed by atoms with Crippen molar-refractivity contribution in [3.8, 4) is 0 Å². The Morgan fingerprint density at radius 1 is 1.18 bits per heavy atom. The van der Waals surface area contributed by atoms with Crippen LogP contribution in [0.1, 0.15) is 85.1 Å². The maximum absolute atomic E-state index is 13.1. The van der Waals surface area contributed by atoms with Gasteiger partial charge in [-0.1, -0.05) is 33.1 Å². The summed E-state index contributed by atoms with van der Waals surface area (Å²) < 4.78 is 0. The molecule has 1 aromatic rings. The molecule has 0 spiro atoms. The topological polar surface area (TPSA) is 33.2 Å². The average Bonchev–Trinajstić information content (AvgIpc) is 3.14. The Hall–Kier alpha value is -0.900. The smallest absolute Gasteiger partial charge is 0.266 e. The Labute approximate surface area is 138 Å². The van der Waals surface area contributed by atoms with Crippen LogP contribution in [-0.4, -0.2) is 28.4 Å². The van der Waals surface area contributed by atoms with Crippen LogP contribution < -0.4 is 0 Å². The third kappa shape index (κ3) is 3.08. The Morgan fingerprint density at radius 2 is 1.91 bits per heavy atom. The van der Waals surface area contributed by atoms with Crippen molar-refractivity contribution in [3.63, 3.8) is 0 Å². The molecule has 0 N–H and O–H groups in total. The average molecular weight is 321 g/mol. The van der Waals surface area contributed by atoms with Gasteiger partial charge in [0, 0.05) is 18.5 Å². The van der Waals surface area contributed by atoms with Gasteiger partial charge in [0.2, 0.25) is 0 Å². The van der Waals surface area contributed by atoms with E-state index in [0.717, 1.165) is 28.0 Å². The van der Waals surface area contributed by atoms with Gasteiger partial charge in [0.25, 0.3) is 5.91 Å². The van der Waals surface area contributed by atoms with Gasteiger partial charge in [-0.25, -0.2) is 4.98 Å². The molecule has 1 aliphatic heterocycles. The van der Waals surface area contributed by atoms with E-state index >= 15 is 0 Å². The highest BCUT2D eigenvalue weighted by molar-refractivity contribution is 7.13. The van der Waals surface area contributed by atoms with Crippen LogP contribution in [0.5, 0.6) is 0 Å². The quantitative estimate of drug-likeness (QED) is 0.804. The predicted molar refractivity (Wildman–Crippen MR) is 91.6 cm³/mol. The van der Waals surface area contributed by atoms with Crippen molar-refractivity contribution < 1.29 is 4.79 Å². The molecular weight excluding hydrogens is 292 g/mol. The Kier molecular flexibility index (Phi) is 4.86. The summed E-state index contributed by atoms with van der Waals surface area (Å²) in [6, 6.07) is 0.483. The number of hydrogen-bond acceptors (Lipinski definition) is 3. The van der Waals surface area contributed by atoms with Crippen molar-refractivity contribution in [2.75, 3.05) is 6.54 Å². The fraction of sp³-hybridized carbons (Fsp3) is 0.778. The lowest BCUT2D eigenvalue weighted by Crippen LogP contribution is -2.40. The minimum atomic E-state index is 0.245. The van der Waals surface area contributed by atoms with Crippen LogP contribution in [0.25, 0.3) is 0 Å². The molecule has 4 heteroatoms. The zero-order chi connectivity index (χ0) is 15.7. The molecule has 2 fully saturated rings. The van der Waals surface area contributed by atoms with Crippen molar-refractivity contribution in [2.24, 2.45) is 5.92 Å². The number of likely N-dealkylation sites (tertiary alicyclic amines) is 1. The molecule has 2 heterocycles. The summed E-state index contributed by atoms with van der Waals surface area (Å²) in [5, 5.41) is 1.09. The van der Waals surface area contributed by atoms with Crippen molar-refractivity contribution in [1.82, 2.24) is 9.88 Å². The molecule has 1 saturated heterocycles. The molecule has 1 amide bonds. The van der Waals surface area contributed by atoms with Crippen LogP contribution in [0.15, 0.2) is 0 Å². The number of nitrogens with zero attached hydrogens (tertiary/aromatic N) is 2. The van der Waals surface area contributed by atoms with Gasteiger partial charge in [-0.2, -0.15) is 0 Å². The van der Waals surface area contributed by atoms with E-state index in [2.05, 4.69) is 23.7 Å². The maximum Gasteiger partial charge on any atom is 0.266 e. The first-order chi connectivity index (χ1) is 10.6. The molecule has 122 valence electrons. The second-order valence-corrected chi connectivity index (χ2v) is 8.26. The fourth-order valence-electron chi connectivity index (χ4n) is 4.05. The van der Waals surface area contributed by atoms with Crippen LogP contribution in [0.2, 0.25) is 0 Å². The van der Waals surface area contributed by atoms with E-state index in [1.54, 1.807) is 11.3 Å². The van der Waals surface area contributed by atoms with E-state index in [1.807, 2.05) is 6.92 Å². The number of thiazole rings is 1. The maximum atomic E-state index is 13.1. The van der Waals surface area contributed by atoms with Gasteiger partial charge in [0.05, 0.1) is 10.7 Å². The molecule has 1 aliphatic carbocycles. The number of carbonyl (C=O) groups is 1. The highest BCUT2D eigenvalue weighted by Gasteiger charge is 2.36. The van der Waals surface area contributed by atoms with Crippen molar-refractivity contribution in [3.05, 3.63) is 15.6 Å². The van der Waals surface area contributed by atoms with Crippen molar-refractivity contribution in [1.29, 1.82) is 0 Å². The van der Waals surface area contributed by atoms with Gasteiger partial charge >= 0.3 is 0 Å². The normalized spacial score (nSPS) is 23.5. The molecule has 1 atom stereocenters. The third-order valence-corrected chi connectivity index (χ3v) is 6.70. The lowest BCUT2D eigenvalue weighted by atomic mass is 9.83. The predicted octanol–water partition coefficient (Wildman–Crippen LogP) is 4.76. The minimum absolute atomic E-state index is 0.245. The van der Waals surface area contributed by atoms with Gasteiger partial charge in [-0.3, -0.25) is 4.79 Å².